The smallest absolute Gasteiger partial charge is 0.416 e. The van der Waals surface area contributed by atoms with Gasteiger partial charge in [0.25, 0.3) is 0 Å². The van der Waals surface area contributed by atoms with Gasteiger partial charge in [0.15, 0.2) is 11.5 Å². The predicted molar refractivity (Wildman–Crippen MR) is 107 cm³/mol. The zero-order valence-corrected chi connectivity index (χ0v) is 17.4. The lowest BCUT2D eigenvalue weighted by Crippen LogP contribution is -2.20. The number of benzene rings is 2. The Morgan fingerprint density at radius 2 is 1.90 bits per heavy atom. The van der Waals surface area contributed by atoms with Crippen molar-refractivity contribution >= 4 is 28.1 Å². The molecule has 2 aromatic rings. The minimum Gasteiger partial charge on any atom is -0.490 e. The highest BCUT2D eigenvalue weighted by atomic mass is 79.9. The van der Waals surface area contributed by atoms with Crippen molar-refractivity contribution < 1.29 is 27.4 Å². The molecule has 0 radical (unpaired) electrons. The summed E-state index contributed by atoms with van der Waals surface area (Å²) in [5.74, 6) is 0.566. The maximum atomic E-state index is 12.7. The molecule has 0 aliphatic rings. The zero-order valence-electron chi connectivity index (χ0n) is 15.8. The van der Waals surface area contributed by atoms with E-state index in [2.05, 4.69) is 26.5 Å². The molecule has 1 N–H and O–H groups in total. The first kappa shape index (κ1) is 22.7. The third-order valence-corrected chi connectivity index (χ3v) is 4.23. The number of hydrazone groups is 1. The Morgan fingerprint density at radius 3 is 2.55 bits per heavy atom. The predicted octanol–water partition coefficient (Wildman–Crippen LogP) is 4.96. The molecule has 0 saturated heterocycles. The highest BCUT2D eigenvalue weighted by Crippen LogP contribution is 2.36. The van der Waals surface area contributed by atoms with Crippen LogP contribution in [0.4, 0.5) is 13.2 Å². The Kier molecular flexibility index (Phi) is 8.07. The van der Waals surface area contributed by atoms with Gasteiger partial charge in [-0.2, -0.15) is 18.3 Å². The number of nitrogens with zero attached hydrogens (tertiary/aromatic N) is 1. The van der Waals surface area contributed by atoms with Gasteiger partial charge in [0.1, 0.15) is 0 Å². The van der Waals surface area contributed by atoms with Crippen LogP contribution in [-0.4, -0.2) is 25.3 Å². The minimum absolute atomic E-state index is 0.224. The molecule has 2 rings (SSSR count). The molecule has 0 atom stereocenters. The van der Waals surface area contributed by atoms with Gasteiger partial charge in [-0.1, -0.05) is 18.2 Å². The summed E-state index contributed by atoms with van der Waals surface area (Å²) in [4.78, 5) is 12.0. The minimum atomic E-state index is -4.45. The van der Waals surface area contributed by atoms with Gasteiger partial charge in [-0.05, 0) is 59.1 Å². The van der Waals surface area contributed by atoms with Crippen molar-refractivity contribution in [1.82, 2.24) is 5.43 Å². The quantitative estimate of drug-likeness (QED) is 0.436. The molecule has 2 aromatic carbocycles. The van der Waals surface area contributed by atoms with Gasteiger partial charge >= 0.3 is 6.18 Å². The van der Waals surface area contributed by atoms with E-state index in [1.165, 1.54) is 18.3 Å². The van der Waals surface area contributed by atoms with Crippen LogP contribution in [0.25, 0.3) is 0 Å². The van der Waals surface area contributed by atoms with Crippen molar-refractivity contribution in [3.63, 3.8) is 0 Å². The molecule has 0 aromatic heterocycles. The number of ether oxygens (including phenoxy) is 2. The summed E-state index contributed by atoms with van der Waals surface area (Å²) in [5, 5.41) is 3.86. The molecule has 0 aliphatic heterocycles. The largest absolute Gasteiger partial charge is 0.490 e. The Hall–Kier alpha value is -2.55. The molecule has 156 valence electrons. The number of hydrogen-bond donors (Lipinski definition) is 1. The van der Waals surface area contributed by atoms with Crippen LogP contribution in [0.3, 0.4) is 0 Å². The maximum Gasteiger partial charge on any atom is 0.416 e. The molecule has 0 bridgehead atoms. The van der Waals surface area contributed by atoms with Crippen LogP contribution >= 0.6 is 15.9 Å². The fourth-order valence-electron chi connectivity index (χ4n) is 2.47. The monoisotopic (exact) mass is 472 g/mol. The molecule has 0 aliphatic carbocycles. The Morgan fingerprint density at radius 1 is 1.17 bits per heavy atom. The van der Waals surface area contributed by atoms with E-state index in [0.717, 1.165) is 12.1 Å². The van der Waals surface area contributed by atoms with Crippen LogP contribution in [0, 0.1) is 0 Å². The first-order valence-electron chi connectivity index (χ1n) is 8.81. The molecule has 0 spiro atoms. The van der Waals surface area contributed by atoms with Crippen molar-refractivity contribution in [2.45, 2.75) is 26.4 Å². The summed E-state index contributed by atoms with van der Waals surface area (Å²) in [7, 11) is 0. The molecule has 0 saturated carbocycles. The Balaban J connectivity index is 2.05. The van der Waals surface area contributed by atoms with E-state index < -0.39 is 17.6 Å². The van der Waals surface area contributed by atoms with Gasteiger partial charge in [0.05, 0.1) is 35.9 Å². The SMILES string of the molecule is CCOc1cc(/C=N\NC(=O)Cc2cccc(C(F)(F)F)c2)cc(Br)c1OCC. The molecule has 9 heteroatoms. The van der Waals surface area contributed by atoms with Gasteiger partial charge in [0.2, 0.25) is 5.91 Å². The van der Waals surface area contributed by atoms with Gasteiger partial charge < -0.3 is 9.47 Å². The van der Waals surface area contributed by atoms with E-state index in [1.807, 2.05) is 13.8 Å². The second kappa shape index (κ2) is 10.3. The van der Waals surface area contributed by atoms with E-state index in [-0.39, 0.29) is 12.0 Å². The van der Waals surface area contributed by atoms with Gasteiger partial charge in [-0.15, -0.1) is 0 Å². The molecule has 0 heterocycles. The molecule has 29 heavy (non-hydrogen) atoms. The summed E-state index contributed by atoms with van der Waals surface area (Å²) < 4.78 is 50.0. The second-order valence-corrected chi connectivity index (χ2v) is 6.72. The standard InChI is InChI=1S/C20H20BrF3N2O3/c1-3-28-17-10-14(9-16(21)19(17)29-4-2)12-25-26-18(27)11-13-6-5-7-15(8-13)20(22,23)24/h5-10,12H,3-4,11H2,1-2H3,(H,26,27)/b25-12-. The van der Waals surface area contributed by atoms with E-state index in [9.17, 15) is 18.0 Å². The number of rotatable bonds is 8. The number of carbonyl (C=O) groups is 1. The summed E-state index contributed by atoms with van der Waals surface area (Å²) in [6.45, 7) is 4.62. The highest BCUT2D eigenvalue weighted by Gasteiger charge is 2.30. The van der Waals surface area contributed by atoms with Crippen molar-refractivity contribution in [1.29, 1.82) is 0 Å². The van der Waals surface area contributed by atoms with E-state index in [0.29, 0.717) is 34.7 Å². The molecule has 0 unspecified atom stereocenters. The molecule has 5 nitrogen and oxygen atoms in total. The zero-order chi connectivity index (χ0) is 21.4. The Bertz CT molecular complexity index is 886. The number of alkyl halides is 3. The first-order chi connectivity index (χ1) is 13.7. The topological polar surface area (TPSA) is 59.9 Å². The summed E-state index contributed by atoms with van der Waals surface area (Å²) in [5.41, 5.74) is 2.40. The van der Waals surface area contributed by atoms with E-state index in [1.54, 1.807) is 12.1 Å². The van der Waals surface area contributed by atoms with Crippen LogP contribution in [-0.2, 0) is 17.4 Å². The number of nitrogens with one attached hydrogen (secondary N) is 1. The summed E-state index contributed by atoms with van der Waals surface area (Å²) in [6, 6.07) is 8.08. The lowest BCUT2D eigenvalue weighted by Gasteiger charge is -2.13. The molecule has 1 amide bonds. The van der Waals surface area contributed by atoms with Crippen LogP contribution in [0.15, 0.2) is 46.0 Å². The highest BCUT2D eigenvalue weighted by molar-refractivity contribution is 9.10. The molecular weight excluding hydrogens is 453 g/mol. The van der Waals surface area contributed by atoms with Crippen LogP contribution in [0.5, 0.6) is 11.5 Å². The third kappa shape index (κ3) is 6.77. The van der Waals surface area contributed by atoms with Crippen molar-refractivity contribution in [2.75, 3.05) is 13.2 Å². The normalized spacial score (nSPS) is 11.5. The van der Waals surface area contributed by atoms with Gasteiger partial charge in [-0.25, -0.2) is 5.43 Å². The number of amides is 1. The summed E-state index contributed by atoms with van der Waals surface area (Å²) >= 11 is 3.41. The number of hydrogen-bond acceptors (Lipinski definition) is 4. The first-order valence-corrected chi connectivity index (χ1v) is 9.61. The Labute approximate surface area is 175 Å². The average molecular weight is 473 g/mol. The third-order valence-electron chi connectivity index (χ3n) is 3.64. The van der Waals surface area contributed by atoms with Crippen LogP contribution < -0.4 is 14.9 Å². The fourth-order valence-corrected chi connectivity index (χ4v) is 3.05. The number of carbonyl (C=O) groups excluding carboxylic acids is 1. The van der Waals surface area contributed by atoms with Crippen LogP contribution in [0.2, 0.25) is 0 Å². The number of halogens is 4. The van der Waals surface area contributed by atoms with Crippen molar-refractivity contribution in [2.24, 2.45) is 5.10 Å². The summed E-state index contributed by atoms with van der Waals surface area (Å²) in [6.07, 6.45) is -3.27. The average Bonchev–Trinajstić information content (AvgIpc) is 2.64. The fraction of sp³-hybridized carbons (Fsp3) is 0.300. The second-order valence-electron chi connectivity index (χ2n) is 5.86. The van der Waals surface area contributed by atoms with Crippen molar-refractivity contribution in [3.05, 3.63) is 57.6 Å². The van der Waals surface area contributed by atoms with Crippen LogP contribution in [0.1, 0.15) is 30.5 Å². The molecular formula is C20H20BrF3N2O3. The van der Waals surface area contributed by atoms with E-state index in [4.69, 9.17) is 9.47 Å². The van der Waals surface area contributed by atoms with Gasteiger partial charge in [-0.3, -0.25) is 4.79 Å². The lowest BCUT2D eigenvalue weighted by atomic mass is 10.1. The van der Waals surface area contributed by atoms with Crippen molar-refractivity contribution in [3.8, 4) is 11.5 Å². The lowest BCUT2D eigenvalue weighted by molar-refractivity contribution is -0.137. The van der Waals surface area contributed by atoms with E-state index >= 15 is 0 Å². The molecule has 0 fully saturated rings. The maximum absolute atomic E-state index is 12.7. The van der Waals surface area contributed by atoms with Gasteiger partial charge in [0, 0.05) is 0 Å².